The zero-order valence-electron chi connectivity index (χ0n) is 12.8. The van der Waals surface area contributed by atoms with Crippen LogP contribution in [-0.4, -0.2) is 25.0 Å². The van der Waals surface area contributed by atoms with Gasteiger partial charge in [0.1, 0.15) is 0 Å². The second-order valence-electron chi connectivity index (χ2n) is 5.02. The van der Waals surface area contributed by atoms with Crippen LogP contribution in [0, 0.1) is 6.92 Å². The van der Waals surface area contributed by atoms with Gasteiger partial charge in [0.05, 0.1) is 6.54 Å². The summed E-state index contributed by atoms with van der Waals surface area (Å²) < 4.78 is 0. The van der Waals surface area contributed by atoms with Gasteiger partial charge in [-0.25, -0.2) is 0 Å². The minimum Gasteiger partial charge on any atom is -0.370 e. The first kappa shape index (κ1) is 16.8. The van der Waals surface area contributed by atoms with E-state index in [1.54, 1.807) is 24.3 Å². The number of benzene rings is 2. The molecule has 120 valence electrons. The Labute approximate surface area is 140 Å². The molecule has 2 rings (SSSR count). The van der Waals surface area contributed by atoms with E-state index >= 15 is 0 Å². The van der Waals surface area contributed by atoms with Gasteiger partial charge < -0.3 is 16.4 Å². The number of aliphatic imine (C=N–C) groups is 1. The molecule has 0 aliphatic rings. The summed E-state index contributed by atoms with van der Waals surface area (Å²) in [5, 5.41) is 6.37. The van der Waals surface area contributed by atoms with Gasteiger partial charge in [0.15, 0.2) is 5.96 Å². The number of nitrogens with two attached hydrogens (primary N) is 1. The molecule has 5 nitrogen and oxygen atoms in total. The number of anilines is 1. The summed E-state index contributed by atoms with van der Waals surface area (Å²) in [6.07, 6.45) is 0. The molecule has 6 heteroatoms. The Balaban J connectivity index is 1.76. The lowest BCUT2D eigenvalue weighted by Crippen LogP contribution is -2.28. The fraction of sp³-hybridized carbons (Fsp3) is 0.176. The Kier molecular flexibility index (Phi) is 6.00. The van der Waals surface area contributed by atoms with Crippen LogP contribution in [0.4, 0.5) is 5.69 Å². The minimum absolute atomic E-state index is 0.165. The van der Waals surface area contributed by atoms with E-state index in [9.17, 15) is 4.79 Å². The van der Waals surface area contributed by atoms with E-state index in [2.05, 4.69) is 15.6 Å². The number of carbonyl (C=O) groups excluding carboxylic acids is 1. The first-order valence-electron chi connectivity index (χ1n) is 7.22. The summed E-state index contributed by atoms with van der Waals surface area (Å²) in [4.78, 5) is 16.0. The number of aryl methyl sites for hydroxylation is 1. The number of halogens is 1. The molecular weight excluding hydrogens is 312 g/mol. The first-order chi connectivity index (χ1) is 11.0. The van der Waals surface area contributed by atoms with Gasteiger partial charge in [-0.1, -0.05) is 29.3 Å². The van der Waals surface area contributed by atoms with E-state index in [1.807, 2.05) is 31.2 Å². The highest BCUT2D eigenvalue weighted by Gasteiger charge is 2.03. The normalized spacial score (nSPS) is 11.1. The van der Waals surface area contributed by atoms with Crippen molar-refractivity contribution in [2.45, 2.75) is 6.92 Å². The molecule has 0 saturated heterocycles. The Hall–Kier alpha value is -2.53. The van der Waals surface area contributed by atoms with Crippen LogP contribution in [0.1, 0.15) is 15.9 Å². The van der Waals surface area contributed by atoms with Crippen molar-refractivity contribution < 1.29 is 4.79 Å². The fourth-order valence-corrected chi connectivity index (χ4v) is 2.00. The molecule has 1 amide bonds. The topological polar surface area (TPSA) is 79.5 Å². The van der Waals surface area contributed by atoms with Crippen LogP contribution in [0.3, 0.4) is 0 Å². The van der Waals surface area contributed by atoms with Crippen LogP contribution in [-0.2, 0) is 0 Å². The van der Waals surface area contributed by atoms with Gasteiger partial charge in [-0.3, -0.25) is 9.79 Å². The van der Waals surface area contributed by atoms with Crippen molar-refractivity contribution in [1.29, 1.82) is 0 Å². The second-order valence-corrected chi connectivity index (χ2v) is 5.46. The summed E-state index contributed by atoms with van der Waals surface area (Å²) >= 11 is 5.78. The zero-order valence-corrected chi connectivity index (χ0v) is 13.6. The van der Waals surface area contributed by atoms with Crippen molar-refractivity contribution in [3.8, 4) is 0 Å². The van der Waals surface area contributed by atoms with Crippen molar-refractivity contribution in [3.63, 3.8) is 0 Å². The van der Waals surface area contributed by atoms with Gasteiger partial charge in [0.2, 0.25) is 0 Å². The van der Waals surface area contributed by atoms with Gasteiger partial charge in [0.25, 0.3) is 5.91 Å². The Morgan fingerprint density at radius 1 is 1.13 bits per heavy atom. The molecule has 23 heavy (non-hydrogen) atoms. The third-order valence-corrected chi connectivity index (χ3v) is 3.36. The number of nitrogens with one attached hydrogen (secondary N) is 2. The summed E-state index contributed by atoms with van der Waals surface area (Å²) in [6.45, 7) is 2.81. The molecule has 0 aromatic heterocycles. The predicted octanol–water partition coefficient (Wildman–Crippen LogP) is 2.81. The lowest BCUT2D eigenvalue weighted by Gasteiger charge is -2.07. The maximum atomic E-state index is 11.9. The molecule has 0 spiro atoms. The largest absolute Gasteiger partial charge is 0.370 e. The molecule has 0 aliphatic carbocycles. The number of guanidine groups is 1. The van der Waals surface area contributed by atoms with Gasteiger partial charge in [-0.05, 0) is 43.3 Å². The lowest BCUT2D eigenvalue weighted by atomic mass is 10.2. The zero-order chi connectivity index (χ0) is 16.7. The molecule has 0 fully saturated rings. The van der Waals surface area contributed by atoms with Crippen LogP contribution in [0.2, 0.25) is 5.02 Å². The number of amides is 1. The van der Waals surface area contributed by atoms with Crippen molar-refractivity contribution in [2.75, 3.05) is 18.4 Å². The molecule has 0 radical (unpaired) electrons. The van der Waals surface area contributed by atoms with E-state index in [-0.39, 0.29) is 5.91 Å². The van der Waals surface area contributed by atoms with Crippen LogP contribution < -0.4 is 16.4 Å². The summed E-state index contributed by atoms with van der Waals surface area (Å²) in [5.74, 6) is 0.150. The molecule has 0 aliphatic heterocycles. The highest BCUT2D eigenvalue weighted by atomic mass is 35.5. The van der Waals surface area contributed by atoms with Crippen LogP contribution in [0.15, 0.2) is 53.5 Å². The maximum absolute atomic E-state index is 11.9. The summed E-state index contributed by atoms with van der Waals surface area (Å²) in [5.41, 5.74) is 8.41. The molecule has 0 atom stereocenters. The van der Waals surface area contributed by atoms with Gasteiger partial charge >= 0.3 is 0 Å². The number of nitrogens with zero attached hydrogens (tertiary/aromatic N) is 1. The Bertz CT molecular complexity index is 681. The average molecular weight is 331 g/mol. The first-order valence-corrected chi connectivity index (χ1v) is 7.60. The monoisotopic (exact) mass is 330 g/mol. The van der Waals surface area contributed by atoms with E-state index in [4.69, 9.17) is 17.3 Å². The highest BCUT2D eigenvalue weighted by molar-refractivity contribution is 6.30. The molecule has 0 bridgehead atoms. The Morgan fingerprint density at radius 2 is 1.78 bits per heavy atom. The van der Waals surface area contributed by atoms with Gasteiger partial charge in [-0.15, -0.1) is 0 Å². The predicted molar refractivity (Wildman–Crippen MR) is 95.1 cm³/mol. The Morgan fingerprint density at radius 3 is 2.43 bits per heavy atom. The maximum Gasteiger partial charge on any atom is 0.251 e. The molecule has 0 unspecified atom stereocenters. The SMILES string of the molecule is Cc1ccc(NC(N)=NCCNC(=O)c2ccc(Cl)cc2)cc1. The second kappa shape index (κ2) is 8.19. The van der Waals surface area contributed by atoms with Crippen LogP contribution >= 0.6 is 11.6 Å². The third-order valence-electron chi connectivity index (χ3n) is 3.11. The van der Waals surface area contributed by atoms with Crippen molar-refractivity contribution >= 4 is 29.2 Å². The highest BCUT2D eigenvalue weighted by Crippen LogP contribution is 2.09. The lowest BCUT2D eigenvalue weighted by molar-refractivity contribution is 0.0955. The van der Waals surface area contributed by atoms with Crippen molar-refractivity contribution in [3.05, 3.63) is 64.7 Å². The minimum atomic E-state index is -0.165. The summed E-state index contributed by atoms with van der Waals surface area (Å²) in [6, 6.07) is 14.5. The van der Waals surface area contributed by atoms with E-state index in [1.165, 1.54) is 5.56 Å². The quantitative estimate of drug-likeness (QED) is 0.448. The van der Waals surface area contributed by atoms with Crippen molar-refractivity contribution in [1.82, 2.24) is 5.32 Å². The third kappa shape index (κ3) is 5.64. The molecular formula is C17H19ClN4O. The number of hydrogen-bond donors (Lipinski definition) is 3. The van der Waals surface area contributed by atoms with Gasteiger partial charge in [0, 0.05) is 22.8 Å². The molecule has 4 N–H and O–H groups in total. The summed E-state index contributed by atoms with van der Waals surface area (Å²) in [7, 11) is 0. The number of hydrogen-bond acceptors (Lipinski definition) is 2. The van der Waals surface area contributed by atoms with E-state index in [0.29, 0.717) is 29.6 Å². The smallest absolute Gasteiger partial charge is 0.251 e. The number of rotatable bonds is 5. The molecule has 0 saturated carbocycles. The van der Waals surface area contributed by atoms with Gasteiger partial charge in [-0.2, -0.15) is 0 Å². The molecule has 2 aromatic carbocycles. The standard InChI is InChI=1S/C17H19ClN4O/c1-12-2-8-15(9-3-12)22-17(19)21-11-10-20-16(23)13-4-6-14(18)7-5-13/h2-9H,10-11H2,1H3,(H,20,23)(H3,19,21,22). The van der Waals surface area contributed by atoms with E-state index < -0.39 is 0 Å². The van der Waals surface area contributed by atoms with Crippen molar-refractivity contribution in [2.24, 2.45) is 10.7 Å². The molecule has 2 aromatic rings. The van der Waals surface area contributed by atoms with E-state index in [0.717, 1.165) is 5.69 Å². The number of carbonyl (C=O) groups is 1. The molecule has 0 heterocycles. The fourth-order valence-electron chi connectivity index (χ4n) is 1.87. The average Bonchev–Trinajstić information content (AvgIpc) is 2.54. The van der Waals surface area contributed by atoms with Crippen LogP contribution in [0.25, 0.3) is 0 Å². The van der Waals surface area contributed by atoms with Crippen LogP contribution in [0.5, 0.6) is 0 Å².